The zero-order valence-electron chi connectivity index (χ0n) is 13.7. The van der Waals surface area contributed by atoms with E-state index in [0.717, 1.165) is 29.6 Å². The molecular formula is C15H24N6. The fraction of sp³-hybridized carbons (Fsp3) is 0.533. The van der Waals surface area contributed by atoms with E-state index in [1.54, 1.807) is 0 Å². The van der Waals surface area contributed by atoms with Crippen LogP contribution in [0.25, 0.3) is 0 Å². The molecular weight excluding hydrogens is 264 g/mol. The van der Waals surface area contributed by atoms with Crippen LogP contribution < -0.4 is 10.2 Å². The molecule has 0 fully saturated rings. The number of rotatable bonds is 4. The second-order valence-corrected chi connectivity index (χ2v) is 6.31. The van der Waals surface area contributed by atoms with E-state index in [2.05, 4.69) is 41.1 Å². The highest BCUT2D eigenvalue weighted by Crippen LogP contribution is 2.24. The van der Waals surface area contributed by atoms with E-state index in [1.807, 2.05) is 44.3 Å². The van der Waals surface area contributed by atoms with Crippen molar-refractivity contribution in [3.8, 4) is 0 Å². The van der Waals surface area contributed by atoms with E-state index in [9.17, 15) is 0 Å². The zero-order chi connectivity index (χ0) is 15.6. The van der Waals surface area contributed by atoms with Gasteiger partial charge in [0.2, 0.25) is 0 Å². The highest BCUT2D eigenvalue weighted by molar-refractivity contribution is 5.49. The maximum atomic E-state index is 4.70. The third-order valence-electron chi connectivity index (χ3n) is 3.21. The lowest BCUT2D eigenvalue weighted by molar-refractivity contribution is 0.545. The van der Waals surface area contributed by atoms with Crippen LogP contribution in [0, 0.1) is 0 Å². The summed E-state index contributed by atoms with van der Waals surface area (Å²) in [4.78, 5) is 11.4. The largest absolute Gasteiger partial charge is 0.373 e. The highest BCUT2D eigenvalue weighted by atomic mass is 15.2. The van der Waals surface area contributed by atoms with E-state index in [4.69, 9.17) is 4.98 Å². The summed E-state index contributed by atoms with van der Waals surface area (Å²) < 4.78 is 1.81. The Balaban J connectivity index is 2.29. The van der Waals surface area contributed by atoms with Gasteiger partial charge in [-0.1, -0.05) is 20.8 Å². The van der Waals surface area contributed by atoms with Crippen LogP contribution in [0.3, 0.4) is 0 Å². The molecule has 0 saturated carbocycles. The predicted molar refractivity (Wildman–Crippen MR) is 85.6 cm³/mol. The van der Waals surface area contributed by atoms with Gasteiger partial charge >= 0.3 is 0 Å². The summed E-state index contributed by atoms with van der Waals surface area (Å²) in [5, 5.41) is 7.31. The van der Waals surface area contributed by atoms with E-state index >= 15 is 0 Å². The first kappa shape index (κ1) is 15.3. The normalized spacial score (nSPS) is 11.5. The summed E-state index contributed by atoms with van der Waals surface area (Å²) in [5.41, 5.74) is 1.07. The standard InChI is InChI=1S/C15H24N6/c1-15(2,3)14-18-12(16-4)7-13(19-14)20(5)9-11-8-17-21(6)10-11/h7-8,10H,9H2,1-6H3,(H,16,18,19). The minimum absolute atomic E-state index is 0.0866. The Morgan fingerprint density at radius 2 is 2.00 bits per heavy atom. The van der Waals surface area contributed by atoms with Crippen molar-refractivity contribution in [2.75, 3.05) is 24.3 Å². The smallest absolute Gasteiger partial charge is 0.138 e. The Bertz CT molecular complexity index is 611. The van der Waals surface area contributed by atoms with Crippen molar-refractivity contribution in [3.05, 3.63) is 29.8 Å². The van der Waals surface area contributed by atoms with Crippen molar-refractivity contribution in [1.29, 1.82) is 0 Å². The molecule has 2 aromatic heterocycles. The molecule has 0 aliphatic rings. The third-order valence-corrected chi connectivity index (χ3v) is 3.21. The van der Waals surface area contributed by atoms with Crippen molar-refractivity contribution < 1.29 is 0 Å². The molecule has 0 radical (unpaired) electrons. The summed E-state index contributed by atoms with van der Waals surface area (Å²) in [6.07, 6.45) is 3.89. The van der Waals surface area contributed by atoms with Gasteiger partial charge in [0.25, 0.3) is 0 Å². The lowest BCUT2D eigenvalue weighted by Gasteiger charge is -2.22. The van der Waals surface area contributed by atoms with Crippen LogP contribution in [0.5, 0.6) is 0 Å². The molecule has 0 aliphatic carbocycles. The summed E-state index contributed by atoms with van der Waals surface area (Å²) in [5.74, 6) is 2.58. The van der Waals surface area contributed by atoms with Crippen LogP contribution in [0.2, 0.25) is 0 Å². The summed E-state index contributed by atoms with van der Waals surface area (Å²) in [6.45, 7) is 7.11. The first-order valence-corrected chi connectivity index (χ1v) is 7.05. The lowest BCUT2D eigenvalue weighted by atomic mass is 9.96. The number of nitrogens with one attached hydrogen (secondary N) is 1. The zero-order valence-corrected chi connectivity index (χ0v) is 13.7. The van der Waals surface area contributed by atoms with E-state index < -0.39 is 0 Å². The van der Waals surface area contributed by atoms with Gasteiger partial charge in [0.05, 0.1) is 6.20 Å². The van der Waals surface area contributed by atoms with Crippen LogP contribution in [0.1, 0.15) is 32.2 Å². The number of aromatic nitrogens is 4. The Hall–Kier alpha value is -2.11. The molecule has 0 unspecified atom stereocenters. The van der Waals surface area contributed by atoms with Crippen molar-refractivity contribution in [2.45, 2.75) is 32.7 Å². The summed E-state index contributed by atoms with van der Waals surface area (Å²) in [6, 6.07) is 1.96. The molecule has 114 valence electrons. The Labute approximate surface area is 126 Å². The summed E-state index contributed by atoms with van der Waals surface area (Å²) in [7, 11) is 5.83. The van der Waals surface area contributed by atoms with Gasteiger partial charge in [0, 0.05) is 50.9 Å². The van der Waals surface area contributed by atoms with Crippen molar-refractivity contribution in [3.63, 3.8) is 0 Å². The van der Waals surface area contributed by atoms with E-state index in [0.29, 0.717) is 0 Å². The summed E-state index contributed by atoms with van der Waals surface area (Å²) >= 11 is 0. The van der Waals surface area contributed by atoms with Crippen molar-refractivity contribution in [2.24, 2.45) is 7.05 Å². The quantitative estimate of drug-likeness (QED) is 0.934. The molecule has 21 heavy (non-hydrogen) atoms. The number of nitrogens with zero attached hydrogens (tertiary/aromatic N) is 5. The SMILES string of the molecule is CNc1cc(N(C)Cc2cnn(C)c2)nc(C(C)(C)C)n1. The molecule has 6 heteroatoms. The molecule has 0 saturated heterocycles. The maximum absolute atomic E-state index is 4.70. The molecule has 0 atom stereocenters. The molecule has 1 N–H and O–H groups in total. The maximum Gasteiger partial charge on any atom is 0.138 e. The molecule has 2 aromatic rings. The van der Waals surface area contributed by atoms with Gasteiger partial charge in [-0.3, -0.25) is 4.68 Å². The van der Waals surface area contributed by atoms with Crippen LogP contribution in [-0.4, -0.2) is 33.8 Å². The van der Waals surface area contributed by atoms with Crippen LogP contribution in [0.15, 0.2) is 18.5 Å². The second kappa shape index (κ2) is 5.71. The predicted octanol–water partition coefficient (Wildman–Crippen LogP) is 2.19. The van der Waals surface area contributed by atoms with Crippen LogP contribution in [-0.2, 0) is 19.0 Å². The molecule has 0 amide bonds. The van der Waals surface area contributed by atoms with Gasteiger partial charge < -0.3 is 10.2 Å². The first-order chi connectivity index (χ1) is 9.79. The van der Waals surface area contributed by atoms with Crippen molar-refractivity contribution in [1.82, 2.24) is 19.7 Å². The molecule has 2 heterocycles. The molecule has 0 aromatic carbocycles. The Morgan fingerprint density at radius 3 is 2.52 bits per heavy atom. The number of aryl methyl sites for hydroxylation is 1. The van der Waals surface area contributed by atoms with Gasteiger partial charge in [-0.05, 0) is 0 Å². The van der Waals surface area contributed by atoms with Gasteiger partial charge in [0.15, 0.2) is 0 Å². The van der Waals surface area contributed by atoms with E-state index in [-0.39, 0.29) is 5.41 Å². The van der Waals surface area contributed by atoms with Crippen LogP contribution in [0.4, 0.5) is 11.6 Å². The number of anilines is 2. The molecule has 0 bridgehead atoms. The van der Waals surface area contributed by atoms with Gasteiger partial charge in [-0.25, -0.2) is 9.97 Å². The Morgan fingerprint density at radius 1 is 1.29 bits per heavy atom. The van der Waals surface area contributed by atoms with Gasteiger partial charge in [-0.2, -0.15) is 5.10 Å². The Kier molecular flexibility index (Phi) is 4.16. The van der Waals surface area contributed by atoms with Crippen LogP contribution >= 0.6 is 0 Å². The number of hydrogen-bond donors (Lipinski definition) is 1. The average molecular weight is 288 g/mol. The van der Waals surface area contributed by atoms with Gasteiger partial charge in [-0.15, -0.1) is 0 Å². The molecule has 0 aliphatic heterocycles. The topological polar surface area (TPSA) is 58.9 Å². The minimum atomic E-state index is -0.0866. The third kappa shape index (κ3) is 3.71. The minimum Gasteiger partial charge on any atom is -0.373 e. The van der Waals surface area contributed by atoms with Crippen molar-refractivity contribution >= 4 is 11.6 Å². The highest BCUT2D eigenvalue weighted by Gasteiger charge is 2.20. The molecule has 0 spiro atoms. The second-order valence-electron chi connectivity index (χ2n) is 6.31. The average Bonchev–Trinajstić information content (AvgIpc) is 2.82. The van der Waals surface area contributed by atoms with Gasteiger partial charge in [0.1, 0.15) is 17.5 Å². The molecule has 2 rings (SSSR count). The fourth-order valence-electron chi connectivity index (χ4n) is 2.00. The monoisotopic (exact) mass is 288 g/mol. The molecule has 6 nitrogen and oxygen atoms in total. The lowest BCUT2D eigenvalue weighted by Crippen LogP contribution is -2.22. The fourth-order valence-corrected chi connectivity index (χ4v) is 2.00. The van der Waals surface area contributed by atoms with E-state index in [1.165, 1.54) is 0 Å². The first-order valence-electron chi connectivity index (χ1n) is 7.05. The number of hydrogen-bond acceptors (Lipinski definition) is 5.